The van der Waals surface area contributed by atoms with E-state index in [1.807, 2.05) is 84.9 Å². The van der Waals surface area contributed by atoms with Crippen molar-refractivity contribution in [1.29, 1.82) is 5.26 Å². The van der Waals surface area contributed by atoms with Crippen molar-refractivity contribution in [2.75, 3.05) is 11.5 Å². The van der Waals surface area contributed by atoms with Crippen molar-refractivity contribution in [2.45, 2.75) is 0 Å². The van der Waals surface area contributed by atoms with E-state index in [-0.39, 0.29) is 12.5 Å². The molecule has 0 radical (unpaired) electrons. The molecule has 1 aliphatic rings. The van der Waals surface area contributed by atoms with E-state index in [9.17, 15) is 4.79 Å². The van der Waals surface area contributed by atoms with Crippen molar-refractivity contribution < 1.29 is 9.53 Å². The molecule has 1 aliphatic heterocycles. The van der Waals surface area contributed by atoms with Crippen LogP contribution in [0.3, 0.4) is 0 Å². The zero-order valence-electron chi connectivity index (χ0n) is 15.9. The summed E-state index contributed by atoms with van der Waals surface area (Å²) in [4.78, 5) is 20.1. The van der Waals surface area contributed by atoms with Crippen molar-refractivity contribution in [3.05, 3.63) is 95.4 Å². The molecule has 3 aromatic carbocycles. The Kier molecular flexibility index (Phi) is 5.93. The molecular weight excluding hydrogens is 394 g/mol. The molecule has 5 nitrogen and oxygen atoms in total. The minimum absolute atomic E-state index is 0.000119. The number of amides is 1. The molecule has 0 bridgehead atoms. The first-order valence-corrected chi connectivity index (χ1v) is 10.1. The third kappa shape index (κ3) is 4.43. The number of amidine groups is 1. The second-order valence-corrected chi connectivity index (χ2v) is 7.34. The van der Waals surface area contributed by atoms with Gasteiger partial charge in [0.25, 0.3) is 5.91 Å². The number of ether oxygens (including phenoxy) is 1. The van der Waals surface area contributed by atoms with Gasteiger partial charge in [-0.05, 0) is 59.8 Å². The number of anilines is 1. The highest BCUT2D eigenvalue weighted by atomic mass is 32.2. The first kappa shape index (κ1) is 19.5. The number of hydrogen-bond acceptors (Lipinski definition) is 5. The van der Waals surface area contributed by atoms with Crippen molar-refractivity contribution in [3.63, 3.8) is 0 Å². The highest BCUT2D eigenvalue weighted by Crippen LogP contribution is 2.37. The molecule has 0 saturated carbocycles. The minimum Gasteiger partial charge on any atom is -0.479 e. The third-order valence-electron chi connectivity index (χ3n) is 4.28. The standard InChI is InChI=1S/C24H17N3O2S/c25-15-16-29-21-13-11-18(12-14-21)17-22-23(28)27(20-9-5-2-6-10-20)24(30-22)26-19-7-3-1-4-8-19/h1-14,17H,16H2/b22-17-,26-24?. The summed E-state index contributed by atoms with van der Waals surface area (Å²) in [6.45, 7) is 0.000119. The average Bonchev–Trinajstić information content (AvgIpc) is 3.09. The number of thioether (sulfide) groups is 1. The lowest BCUT2D eigenvalue weighted by molar-refractivity contribution is -0.113. The van der Waals surface area contributed by atoms with Crippen LogP contribution in [0.5, 0.6) is 5.75 Å². The summed E-state index contributed by atoms with van der Waals surface area (Å²) in [7, 11) is 0. The molecule has 3 aromatic rings. The van der Waals surface area contributed by atoms with Crippen LogP contribution >= 0.6 is 11.8 Å². The Morgan fingerprint density at radius 1 is 0.967 bits per heavy atom. The first-order valence-electron chi connectivity index (χ1n) is 9.27. The quantitative estimate of drug-likeness (QED) is 0.528. The normalized spacial score (nSPS) is 16.1. The van der Waals surface area contributed by atoms with E-state index >= 15 is 0 Å². The van der Waals surface area contributed by atoms with Gasteiger partial charge in [-0.3, -0.25) is 9.69 Å². The number of nitriles is 1. The van der Waals surface area contributed by atoms with E-state index in [1.165, 1.54) is 11.8 Å². The lowest BCUT2D eigenvalue weighted by atomic mass is 10.2. The van der Waals surface area contributed by atoms with Gasteiger partial charge in [-0.1, -0.05) is 48.5 Å². The SMILES string of the molecule is N#CCOc1ccc(/C=C2\SC(=Nc3ccccc3)N(c3ccccc3)C2=O)cc1. The number of hydrogen-bond donors (Lipinski definition) is 0. The molecule has 146 valence electrons. The van der Waals surface area contributed by atoms with E-state index in [2.05, 4.69) is 0 Å². The molecule has 0 aromatic heterocycles. The predicted octanol–water partition coefficient (Wildman–Crippen LogP) is 5.40. The van der Waals surface area contributed by atoms with E-state index in [4.69, 9.17) is 15.0 Å². The molecule has 0 spiro atoms. The monoisotopic (exact) mass is 411 g/mol. The maximum absolute atomic E-state index is 13.2. The molecule has 1 heterocycles. The van der Waals surface area contributed by atoms with Gasteiger partial charge in [-0.15, -0.1) is 0 Å². The van der Waals surface area contributed by atoms with Gasteiger partial charge in [0.1, 0.15) is 11.8 Å². The van der Waals surface area contributed by atoms with Gasteiger partial charge in [-0.2, -0.15) is 5.26 Å². The van der Waals surface area contributed by atoms with E-state index in [0.717, 1.165) is 16.9 Å². The van der Waals surface area contributed by atoms with E-state index in [1.54, 1.807) is 17.0 Å². The van der Waals surface area contributed by atoms with Crippen LogP contribution in [0.4, 0.5) is 11.4 Å². The molecule has 0 unspecified atom stereocenters. The largest absolute Gasteiger partial charge is 0.479 e. The fraction of sp³-hybridized carbons (Fsp3) is 0.0417. The molecule has 6 heteroatoms. The van der Waals surface area contributed by atoms with Crippen molar-refractivity contribution in [1.82, 2.24) is 0 Å². The van der Waals surface area contributed by atoms with Crippen LogP contribution in [0.1, 0.15) is 5.56 Å². The Balaban J connectivity index is 1.67. The fourth-order valence-corrected chi connectivity index (χ4v) is 3.89. The number of carbonyl (C=O) groups is 1. The smallest absolute Gasteiger partial charge is 0.271 e. The number of nitrogens with zero attached hydrogens (tertiary/aromatic N) is 3. The molecule has 0 aliphatic carbocycles. The Bertz CT molecular complexity index is 1130. The third-order valence-corrected chi connectivity index (χ3v) is 5.25. The van der Waals surface area contributed by atoms with Crippen molar-refractivity contribution in [3.8, 4) is 11.8 Å². The molecular formula is C24H17N3O2S. The second kappa shape index (κ2) is 9.12. The van der Waals surface area contributed by atoms with Crippen LogP contribution in [0, 0.1) is 11.3 Å². The van der Waals surface area contributed by atoms with E-state index in [0.29, 0.717) is 15.8 Å². The summed E-state index contributed by atoms with van der Waals surface area (Å²) in [5.74, 6) is 0.493. The highest BCUT2D eigenvalue weighted by molar-refractivity contribution is 8.19. The number of para-hydroxylation sites is 2. The van der Waals surface area contributed by atoms with Gasteiger partial charge >= 0.3 is 0 Å². The molecule has 0 N–H and O–H groups in total. The maximum Gasteiger partial charge on any atom is 0.271 e. The van der Waals surface area contributed by atoms with E-state index < -0.39 is 0 Å². The van der Waals surface area contributed by atoms with Crippen LogP contribution in [-0.4, -0.2) is 17.7 Å². The summed E-state index contributed by atoms with van der Waals surface area (Å²) in [6.07, 6.45) is 1.84. The lowest BCUT2D eigenvalue weighted by Crippen LogP contribution is -2.28. The topological polar surface area (TPSA) is 65.7 Å². The molecule has 1 fully saturated rings. The Morgan fingerprint density at radius 3 is 2.30 bits per heavy atom. The molecule has 30 heavy (non-hydrogen) atoms. The summed E-state index contributed by atoms with van der Waals surface area (Å²) >= 11 is 1.34. The van der Waals surface area contributed by atoms with Gasteiger partial charge in [0, 0.05) is 0 Å². The molecule has 4 rings (SSSR count). The summed E-state index contributed by atoms with van der Waals surface area (Å²) < 4.78 is 5.28. The molecule has 0 atom stereocenters. The first-order chi connectivity index (χ1) is 14.7. The number of aliphatic imine (C=N–C) groups is 1. The number of carbonyl (C=O) groups excluding carboxylic acids is 1. The van der Waals surface area contributed by atoms with Gasteiger partial charge in [0.15, 0.2) is 11.8 Å². The Morgan fingerprint density at radius 2 is 1.63 bits per heavy atom. The van der Waals surface area contributed by atoms with Gasteiger partial charge in [0.2, 0.25) is 0 Å². The Labute approximate surface area is 178 Å². The number of rotatable bonds is 5. The molecule has 1 saturated heterocycles. The maximum atomic E-state index is 13.2. The van der Waals surface area contributed by atoms with Crippen LogP contribution in [0.15, 0.2) is 94.8 Å². The van der Waals surface area contributed by atoms with Crippen LogP contribution in [0.2, 0.25) is 0 Å². The van der Waals surface area contributed by atoms with Crippen molar-refractivity contribution >= 4 is 40.3 Å². The van der Waals surface area contributed by atoms with Gasteiger partial charge in [-0.25, -0.2) is 4.99 Å². The lowest BCUT2D eigenvalue weighted by Gasteiger charge is -2.15. The number of benzene rings is 3. The summed E-state index contributed by atoms with van der Waals surface area (Å²) in [5, 5.41) is 9.22. The minimum atomic E-state index is -0.120. The van der Waals surface area contributed by atoms with Crippen molar-refractivity contribution in [2.24, 2.45) is 4.99 Å². The van der Waals surface area contributed by atoms with Crippen LogP contribution < -0.4 is 9.64 Å². The van der Waals surface area contributed by atoms with Crippen LogP contribution in [0.25, 0.3) is 6.08 Å². The fourth-order valence-electron chi connectivity index (χ4n) is 2.89. The predicted molar refractivity (Wildman–Crippen MR) is 121 cm³/mol. The molecule has 1 amide bonds. The zero-order valence-corrected chi connectivity index (χ0v) is 16.8. The van der Waals surface area contributed by atoms with Gasteiger partial charge in [0.05, 0.1) is 16.3 Å². The summed E-state index contributed by atoms with van der Waals surface area (Å²) in [6, 6.07) is 28.3. The van der Waals surface area contributed by atoms with Gasteiger partial charge < -0.3 is 4.74 Å². The van der Waals surface area contributed by atoms with Crippen LogP contribution in [-0.2, 0) is 4.79 Å². The Hall–Kier alpha value is -3.82. The second-order valence-electron chi connectivity index (χ2n) is 6.33. The highest BCUT2D eigenvalue weighted by Gasteiger charge is 2.34. The average molecular weight is 411 g/mol. The zero-order chi connectivity index (χ0) is 20.8. The summed E-state index contributed by atoms with van der Waals surface area (Å²) in [5.41, 5.74) is 2.42.